The van der Waals surface area contributed by atoms with Crippen LogP contribution in [0.3, 0.4) is 0 Å². The first-order valence-corrected chi connectivity index (χ1v) is 8.71. The van der Waals surface area contributed by atoms with E-state index in [2.05, 4.69) is 27.2 Å². The average molecular weight is 319 g/mol. The molecule has 2 aliphatic rings. The maximum absolute atomic E-state index is 5.51. The zero-order valence-electron chi connectivity index (χ0n) is 14.4. The molecule has 1 aromatic rings. The minimum absolute atomic E-state index is 0.440. The van der Waals surface area contributed by atoms with Gasteiger partial charge >= 0.3 is 0 Å². The zero-order valence-corrected chi connectivity index (χ0v) is 14.4. The first-order chi connectivity index (χ1) is 11.3. The van der Waals surface area contributed by atoms with Crippen LogP contribution < -0.4 is 14.8 Å². The summed E-state index contributed by atoms with van der Waals surface area (Å²) in [7, 11) is 3.40. The first kappa shape index (κ1) is 16.6. The fourth-order valence-corrected chi connectivity index (χ4v) is 3.68. The molecule has 0 bridgehead atoms. The van der Waals surface area contributed by atoms with Crippen LogP contribution in [-0.2, 0) is 0 Å². The number of hydrogen-bond donors (Lipinski definition) is 1. The lowest BCUT2D eigenvalue weighted by Crippen LogP contribution is -2.47. The molecule has 23 heavy (non-hydrogen) atoms. The van der Waals surface area contributed by atoms with E-state index >= 15 is 0 Å². The third-order valence-electron chi connectivity index (χ3n) is 5.01. The topological polar surface area (TPSA) is 37.0 Å². The van der Waals surface area contributed by atoms with E-state index in [1.165, 1.54) is 31.5 Å². The summed E-state index contributed by atoms with van der Waals surface area (Å²) in [5.41, 5.74) is 1.34. The molecule has 0 aromatic heterocycles. The second kappa shape index (κ2) is 7.99. The minimum Gasteiger partial charge on any atom is -0.493 e. The number of nitrogens with zero attached hydrogens (tertiary/aromatic N) is 2. The quantitative estimate of drug-likeness (QED) is 0.864. The predicted octanol–water partition coefficient (Wildman–Crippen LogP) is 1.75. The van der Waals surface area contributed by atoms with Crippen molar-refractivity contribution < 1.29 is 9.47 Å². The molecule has 0 saturated carbocycles. The number of nitrogens with one attached hydrogen (secondary N) is 1. The third kappa shape index (κ3) is 3.97. The molecule has 1 unspecified atom stereocenters. The van der Waals surface area contributed by atoms with Gasteiger partial charge in [-0.3, -0.25) is 9.80 Å². The van der Waals surface area contributed by atoms with E-state index in [1.807, 2.05) is 6.07 Å². The molecule has 0 radical (unpaired) electrons. The van der Waals surface area contributed by atoms with Gasteiger partial charge in [0.15, 0.2) is 11.5 Å². The highest BCUT2D eigenvalue weighted by molar-refractivity contribution is 5.44. The second-order valence-corrected chi connectivity index (χ2v) is 6.42. The summed E-state index contributed by atoms with van der Waals surface area (Å²) in [6, 6.07) is 6.83. The Labute approximate surface area is 139 Å². The largest absolute Gasteiger partial charge is 0.493 e. The summed E-state index contributed by atoms with van der Waals surface area (Å²) in [6.07, 6.45) is 2.62. The van der Waals surface area contributed by atoms with Crippen LogP contribution in [-0.4, -0.2) is 69.8 Å². The summed E-state index contributed by atoms with van der Waals surface area (Å²) in [6.45, 7) is 7.96. The number of piperazine rings is 1. The molecule has 1 aromatic carbocycles. The molecule has 1 N–H and O–H groups in total. The maximum atomic E-state index is 5.51. The Morgan fingerprint density at radius 1 is 1.00 bits per heavy atom. The highest BCUT2D eigenvalue weighted by Crippen LogP contribution is 2.33. The molecule has 3 rings (SSSR count). The molecular weight excluding hydrogens is 290 g/mol. The van der Waals surface area contributed by atoms with Crippen molar-refractivity contribution in [3.05, 3.63) is 23.8 Å². The molecule has 2 heterocycles. The number of likely N-dealkylation sites (tertiary alicyclic amines) is 1. The molecule has 5 heteroatoms. The van der Waals surface area contributed by atoms with E-state index in [9.17, 15) is 0 Å². The Balaban J connectivity index is 1.81. The number of ether oxygens (including phenoxy) is 2. The molecule has 128 valence electrons. The smallest absolute Gasteiger partial charge is 0.161 e. The molecule has 2 fully saturated rings. The van der Waals surface area contributed by atoms with Crippen LogP contribution in [0.2, 0.25) is 0 Å². The highest BCUT2D eigenvalue weighted by Gasteiger charge is 2.27. The van der Waals surface area contributed by atoms with Gasteiger partial charge in [-0.2, -0.15) is 0 Å². The molecule has 0 aliphatic carbocycles. The van der Waals surface area contributed by atoms with E-state index in [0.29, 0.717) is 6.04 Å². The summed E-state index contributed by atoms with van der Waals surface area (Å²) in [5, 5.41) is 3.44. The van der Waals surface area contributed by atoms with E-state index in [4.69, 9.17) is 9.47 Å². The first-order valence-electron chi connectivity index (χ1n) is 8.71. The van der Waals surface area contributed by atoms with E-state index in [0.717, 1.165) is 44.2 Å². The van der Waals surface area contributed by atoms with Crippen LogP contribution in [0, 0.1) is 0 Å². The van der Waals surface area contributed by atoms with E-state index in [1.54, 1.807) is 14.2 Å². The van der Waals surface area contributed by atoms with Gasteiger partial charge in [-0.1, -0.05) is 6.07 Å². The van der Waals surface area contributed by atoms with Gasteiger partial charge in [-0.15, -0.1) is 0 Å². The van der Waals surface area contributed by atoms with Gasteiger partial charge in [-0.05, 0) is 43.6 Å². The lowest BCUT2D eigenvalue weighted by molar-refractivity contribution is 0.149. The molecule has 2 saturated heterocycles. The highest BCUT2D eigenvalue weighted by atomic mass is 16.5. The molecule has 0 amide bonds. The molecule has 0 spiro atoms. The van der Waals surface area contributed by atoms with Crippen molar-refractivity contribution in [2.75, 3.05) is 60.0 Å². The van der Waals surface area contributed by atoms with Crippen molar-refractivity contribution in [2.24, 2.45) is 0 Å². The van der Waals surface area contributed by atoms with Gasteiger partial charge < -0.3 is 14.8 Å². The maximum Gasteiger partial charge on any atom is 0.161 e. The normalized spacial score (nSPS) is 21.3. The van der Waals surface area contributed by atoms with Gasteiger partial charge in [0.05, 0.1) is 14.2 Å². The lowest BCUT2D eigenvalue weighted by Gasteiger charge is -2.35. The summed E-state index contributed by atoms with van der Waals surface area (Å²) in [4.78, 5) is 5.21. The Morgan fingerprint density at radius 3 is 2.35 bits per heavy atom. The zero-order chi connectivity index (χ0) is 16.1. The van der Waals surface area contributed by atoms with Crippen LogP contribution in [0.25, 0.3) is 0 Å². The van der Waals surface area contributed by atoms with Crippen molar-refractivity contribution in [2.45, 2.75) is 18.9 Å². The van der Waals surface area contributed by atoms with E-state index in [-0.39, 0.29) is 0 Å². The monoisotopic (exact) mass is 319 g/mol. The summed E-state index contributed by atoms with van der Waals surface area (Å²) >= 11 is 0. The van der Waals surface area contributed by atoms with Gasteiger partial charge in [0, 0.05) is 38.8 Å². The van der Waals surface area contributed by atoms with Crippen molar-refractivity contribution in [1.82, 2.24) is 15.1 Å². The molecular formula is C18H29N3O2. The Morgan fingerprint density at radius 2 is 1.70 bits per heavy atom. The molecule has 5 nitrogen and oxygen atoms in total. The molecule has 2 aliphatic heterocycles. The predicted molar refractivity (Wildman–Crippen MR) is 92.4 cm³/mol. The Kier molecular flexibility index (Phi) is 5.75. The van der Waals surface area contributed by atoms with Crippen LogP contribution in [0.5, 0.6) is 11.5 Å². The van der Waals surface area contributed by atoms with Gasteiger partial charge in [-0.25, -0.2) is 0 Å². The van der Waals surface area contributed by atoms with Crippen LogP contribution in [0.15, 0.2) is 18.2 Å². The standard InChI is InChI=1S/C18H29N3O2/c1-22-17-6-5-15(13-18(17)23-2)16(21-9-3-4-10-21)14-20-11-7-19-8-12-20/h5-6,13,16,19H,3-4,7-12,14H2,1-2H3. The average Bonchev–Trinajstić information content (AvgIpc) is 3.14. The van der Waals surface area contributed by atoms with Crippen molar-refractivity contribution in [1.29, 1.82) is 0 Å². The van der Waals surface area contributed by atoms with Crippen LogP contribution >= 0.6 is 0 Å². The van der Waals surface area contributed by atoms with E-state index < -0.39 is 0 Å². The van der Waals surface area contributed by atoms with Gasteiger partial charge in [0.2, 0.25) is 0 Å². The SMILES string of the molecule is COc1ccc(C(CN2CCNCC2)N2CCCC2)cc1OC. The number of methoxy groups -OCH3 is 2. The van der Waals surface area contributed by atoms with Crippen molar-refractivity contribution >= 4 is 0 Å². The van der Waals surface area contributed by atoms with Gasteiger partial charge in [0.25, 0.3) is 0 Å². The number of rotatable bonds is 6. The Bertz CT molecular complexity index is 497. The fraction of sp³-hybridized carbons (Fsp3) is 0.667. The minimum atomic E-state index is 0.440. The number of benzene rings is 1. The van der Waals surface area contributed by atoms with Crippen molar-refractivity contribution in [3.8, 4) is 11.5 Å². The van der Waals surface area contributed by atoms with Gasteiger partial charge in [0.1, 0.15) is 0 Å². The van der Waals surface area contributed by atoms with Crippen molar-refractivity contribution in [3.63, 3.8) is 0 Å². The summed E-state index contributed by atoms with van der Waals surface area (Å²) in [5.74, 6) is 1.63. The fourth-order valence-electron chi connectivity index (χ4n) is 3.68. The van der Waals surface area contributed by atoms with Crippen LogP contribution in [0.1, 0.15) is 24.4 Å². The Hall–Kier alpha value is -1.30. The molecule has 1 atom stereocenters. The third-order valence-corrected chi connectivity index (χ3v) is 5.01. The van der Waals surface area contributed by atoms with Crippen LogP contribution in [0.4, 0.5) is 0 Å². The summed E-state index contributed by atoms with van der Waals surface area (Å²) < 4.78 is 10.9. The second-order valence-electron chi connectivity index (χ2n) is 6.42. The lowest BCUT2D eigenvalue weighted by atomic mass is 10.0. The number of hydrogen-bond acceptors (Lipinski definition) is 5.